The Morgan fingerprint density at radius 3 is 2.50 bits per heavy atom. The minimum absolute atomic E-state index is 0.0362. The van der Waals surface area contributed by atoms with Gasteiger partial charge in [-0.25, -0.2) is 4.39 Å². The number of ether oxygens (including phenoxy) is 1. The van der Waals surface area contributed by atoms with Crippen molar-refractivity contribution in [2.75, 3.05) is 18.1 Å². The van der Waals surface area contributed by atoms with E-state index in [1.165, 1.54) is 41.3 Å². The SMILES string of the molecule is CCN(C(=O)COc1ccc(C)cc1[N+](=O)[O-])c1ccc(F)cc1. The summed E-state index contributed by atoms with van der Waals surface area (Å²) in [7, 11) is 0. The molecule has 0 saturated heterocycles. The van der Waals surface area contributed by atoms with E-state index in [0.29, 0.717) is 12.2 Å². The fourth-order valence-corrected chi connectivity index (χ4v) is 2.23. The first-order valence-corrected chi connectivity index (χ1v) is 7.36. The minimum Gasteiger partial charge on any atom is -0.477 e. The highest BCUT2D eigenvalue weighted by Crippen LogP contribution is 2.27. The molecule has 0 radical (unpaired) electrons. The van der Waals surface area contributed by atoms with E-state index in [2.05, 4.69) is 0 Å². The molecule has 2 aromatic carbocycles. The van der Waals surface area contributed by atoms with Gasteiger partial charge in [0.1, 0.15) is 5.82 Å². The summed E-state index contributed by atoms with van der Waals surface area (Å²) in [6.45, 7) is 3.52. The number of hydrogen-bond acceptors (Lipinski definition) is 4. The molecule has 0 heterocycles. The predicted octanol–water partition coefficient (Wildman–Crippen LogP) is 3.47. The van der Waals surface area contributed by atoms with Crippen LogP contribution in [0, 0.1) is 22.9 Å². The average Bonchev–Trinajstić information content (AvgIpc) is 2.56. The maximum atomic E-state index is 13.0. The van der Waals surface area contributed by atoms with Crippen LogP contribution in [-0.2, 0) is 4.79 Å². The monoisotopic (exact) mass is 332 g/mol. The molecule has 0 aliphatic heterocycles. The van der Waals surface area contributed by atoms with Crippen molar-refractivity contribution in [2.24, 2.45) is 0 Å². The fourth-order valence-electron chi connectivity index (χ4n) is 2.23. The molecule has 0 aliphatic rings. The largest absolute Gasteiger partial charge is 0.477 e. The Hall–Kier alpha value is -2.96. The number of anilines is 1. The van der Waals surface area contributed by atoms with Crippen molar-refractivity contribution < 1.29 is 18.8 Å². The standard InChI is InChI=1S/C17H17FN2O4/c1-3-19(14-7-5-13(18)6-8-14)17(21)11-24-16-9-4-12(2)10-15(16)20(22)23/h4-10H,3,11H2,1-2H3. The molecular weight excluding hydrogens is 315 g/mol. The van der Waals surface area contributed by atoms with E-state index >= 15 is 0 Å². The Balaban J connectivity index is 2.12. The van der Waals surface area contributed by atoms with Crippen molar-refractivity contribution in [3.63, 3.8) is 0 Å². The van der Waals surface area contributed by atoms with Gasteiger partial charge in [0.05, 0.1) is 4.92 Å². The van der Waals surface area contributed by atoms with Crippen molar-refractivity contribution in [1.29, 1.82) is 0 Å². The van der Waals surface area contributed by atoms with Gasteiger partial charge in [-0.05, 0) is 49.7 Å². The summed E-state index contributed by atoms with van der Waals surface area (Å²) in [5.41, 5.74) is 1.07. The number of rotatable bonds is 6. The second-order valence-corrected chi connectivity index (χ2v) is 5.13. The van der Waals surface area contributed by atoms with Gasteiger partial charge in [-0.3, -0.25) is 14.9 Å². The van der Waals surface area contributed by atoms with Gasteiger partial charge in [0.15, 0.2) is 12.4 Å². The summed E-state index contributed by atoms with van der Waals surface area (Å²) in [4.78, 5) is 24.2. The minimum atomic E-state index is -0.551. The number of carbonyl (C=O) groups excluding carboxylic acids is 1. The number of benzene rings is 2. The maximum Gasteiger partial charge on any atom is 0.311 e. The number of nitrogens with zero attached hydrogens (tertiary/aromatic N) is 2. The third kappa shape index (κ3) is 4.07. The van der Waals surface area contributed by atoms with Gasteiger partial charge in [-0.1, -0.05) is 6.07 Å². The Morgan fingerprint density at radius 2 is 1.92 bits per heavy atom. The van der Waals surface area contributed by atoms with Gasteiger partial charge < -0.3 is 9.64 Å². The van der Waals surface area contributed by atoms with Crippen LogP contribution in [0.2, 0.25) is 0 Å². The summed E-state index contributed by atoms with van der Waals surface area (Å²) in [6, 6.07) is 10.0. The lowest BCUT2D eigenvalue weighted by molar-refractivity contribution is -0.385. The van der Waals surface area contributed by atoms with Crippen LogP contribution < -0.4 is 9.64 Å². The first-order valence-electron chi connectivity index (χ1n) is 7.36. The molecule has 0 atom stereocenters. The lowest BCUT2D eigenvalue weighted by Gasteiger charge is -2.21. The van der Waals surface area contributed by atoms with E-state index < -0.39 is 10.7 Å². The maximum absolute atomic E-state index is 13.0. The molecule has 0 aromatic heterocycles. The van der Waals surface area contributed by atoms with Crippen molar-refractivity contribution in [1.82, 2.24) is 0 Å². The van der Waals surface area contributed by atoms with Gasteiger partial charge in [0.25, 0.3) is 5.91 Å². The normalized spacial score (nSPS) is 10.3. The van der Waals surface area contributed by atoms with Gasteiger partial charge >= 0.3 is 5.69 Å². The first kappa shape index (κ1) is 17.4. The molecule has 0 spiro atoms. The molecule has 0 saturated carbocycles. The van der Waals surface area contributed by atoms with Gasteiger partial charge in [0, 0.05) is 18.3 Å². The van der Waals surface area contributed by atoms with E-state index in [9.17, 15) is 19.3 Å². The third-order valence-corrected chi connectivity index (χ3v) is 3.42. The second-order valence-electron chi connectivity index (χ2n) is 5.13. The summed E-state index contributed by atoms with van der Waals surface area (Å²) in [6.07, 6.45) is 0. The second kappa shape index (κ2) is 7.54. The van der Waals surface area contributed by atoms with Crippen LogP contribution in [-0.4, -0.2) is 24.0 Å². The van der Waals surface area contributed by atoms with Crippen LogP contribution >= 0.6 is 0 Å². The Morgan fingerprint density at radius 1 is 1.25 bits per heavy atom. The summed E-state index contributed by atoms with van der Waals surface area (Å²) in [5, 5.41) is 11.1. The van der Waals surface area contributed by atoms with Crippen molar-refractivity contribution >= 4 is 17.3 Å². The zero-order chi connectivity index (χ0) is 17.7. The lowest BCUT2D eigenvalue weighted by atomic mass is 10.2. The Bertz CT molecular complexity index is 747. The molecule has 7 heteroatoms. The van der Waals surface area contributed by atoms with Crippen molar-refractivity contribution in [3.8, 4) is 5.75 Å². The van der Waals surface area contributed by atoms with Crippen LogP contribution in [0.3, 0.4) is 0 Å². The number of aryl methyl sites for hydroxylation is 1. The number of likely N-dealkylation sites (N-methyl/N-ethyl adjacent to an activating group) is 1. The molecule has 1 amide bonds. The lowest BCUT2D eigenvalue weighted by Crippen LogP contribution is -2.34. The number of carbonyl (C=O) groups is 1. The Kier molecular flexibility index (Phi) is 5.47. The topological polar surface area (TPSA) is 72.7 Å². The van der Waals surface area contributed by atoms with Gasteiger partial charge in [-0.15, -0.1) is 0 Å². The predicted molar refractivity (Wildman–Crippen MR) is 87.8 cm³/mol. The molecular formula is C17H17FN2O4. The van der Waals surface area contributed by atoms with Crippen LogP contribution in [0.4, 0.5) is 15.8 Å². The van der Waals surface area contributed by atoms with E-state index in [1.54, 1.807) is 19.9 Å². The van der Waals surface area contributed by atoms with Crippen LogP contribution in [0.5, 0.6) is 5.75 Å². The molecule has 24 heavy (non-hydrogen) atoms. The van der Waals surface area contributed by atoms with Crippen LogP contribution in [0.25, 0.3) is 0 Å². The zero-order valence-electron chi connectivity index (χ0n) is 13.4. The van der Waals surface area contributed by atoms with Gasteiger partial charge in [-0.2, -0.15) is 0 Å². The number of nitro groups is 1. The smallest absolute Gasteiger partial charge is 0.311 e. The number of nitro benzene ring substituents is 1. The molecule has 2 aromatic rings. The van der Waals surface area contributed by atoms with Crippen molar-refractivity contribution in [2.45, 2.75) is 13.8 Å². The highest BCUT2D eigenvalue weighted by molar-refractivity contribution is 5.94. The van der Waals surface area contributed by atoms with E-state index in [0.717, 1.165) is 5.56 Å². The van der Waals surface area contributed by atoms with E-state index in [-0.39, 0.29) is 24.0 Å². The number of hydrogen-bond donors (Lipinski definition) is 0. The molecule has 126 valence electrons. The first-order chi connectivity index (χ1) is 11.4. The summed E-state index contributed by atoms with van der Waals surface area (Å²) in [5.74, 6) is -0.734. The Labute approximate surface area is 138 Å². The van der Waals surface area contributed by atoms with E-state index in [1.807, 2.05) is 0 Å². The van der Waals surface area contributed by atoms with Crippen LogP contribution in [0.1, 0.15) is 12.5 Å². The van der Waals surface area contributed by atoms with Crippen LogP contribution in [0.15, 0.2) is 42.5 Å². The van der Waals surface area contributed by atoms with E-state index in [4.69, 9.17) is 4.74 Å². The number of amides is 1. The highest BCUT2D eigenvalue weighted by Gasteiger charge is 2.19. The van der Waals surface area contributed by atoms with Gasteiger partial charge in [0.2, 0.25) is 0 Å². The summed E-state index contributed by atoms with van der Waals surface area (Å²) < 4.78 is 18.3. The summed E-state index contributed by atoms with van der Waals surface area (Å²) >= 11 is 0. The molecule has 6 nitrogen and oxygen atoms in total. The molecule has 0 aliphatic carbocycles. The molecule has 2 rings (SSSR count). The van der Waals surface area contributed by atoms with Crippen molar-refractivity contribution in [3.05, 3.63) is 64.0 Å². The molecule has 0 unspecified atom stereocenters. The molecule has 0 bridgehead atoms. The number of halogens is 1. The quantitative estimate of drug-likeness (QED) is 0.600. The molecule has 0 fully saturated rings. The zero-order valence-corrected chi connectivity index (χ0v) is 13.4. The third-order valence-electron chi connectivity index (χ3n) is 3.42. The average molecular weight is 332 g/mol. The fraction of sp³-hybridized carbons (Fsp3) is 0.235. The molecule has 0 N–H and O–H groups in total. The highest BCUT2D eigenvalue weighted by atomic mass is 19.1.